The Hall–Kier alpha value is -3.15. The van der Waals surface area contributed by atoms with Gasteiger partial charge in [0.1, 0.15) is 23.2 Å². The van der Waals surface area contributed by atoms with Crippen LogP contribution in [0.2, 0.25) is 0 Å². The molecule has 3 heterocycles. The maximum absolute atomic E-state index is 14.7. The Balaban J connectivity index is 1.62. The van der Waals surface area contributed by atoms with Gasteiger partial charge in [0.05, 0.1) is 17.2 Å². The Morgan fingerprint density at radius 3 is 2.71 bits per heavy atom. The molecule has 2 aromatic carbocycles. The first-order chi connectivity index (χ1) is 16.1. The molecule has 0 amide bonds. The van der Waals surface area contributed by atoms with E-state index in [-0.39, 0.29) is 23.6 Å². The first-order valence-electron chi connectivity index (χ1n) is 11.5. The van der Waals surface area contributed by atoms with Crippen molar-refractivity contribution in [3.63, 3.8) is 0 Å². The van der Waals surface area contributed by atoms with E-state index in [1.807, 2.05) is 0 Å². The molecule has 7 nitrogen and oxygen atoms in total. The minimum atomic E-state index is -1.04. The van der Waals surface area contributed by atoms with Gasteiger partial charge in [-0.3, -0.25) is 0 Å². The number of fused-ring (bicyclic) bond motifs is 2. The van der Waals surface area contributed by atoms with Gasteiger partial charge in [-0.15, -0.1) is 0 Å². The van der Waals surface area contributed by atoms with E-state index < -0.39 is 17.6 Å². The molecular formula is C26H29FN4O3. The van der Waals surface area contributed by atoms with Gasteiger partial charge in [0.25, 0.3) is 0 Å². The number of rotatable bonds is 2. The lowest BCUT2D eigenvalue weighted by atomic mass is 9.74. The van der Waals surface area contributed by atoms with E-state index in [0.717, 1.165) is 12.8 Å². The fourth-order valence-electron chi connectivity index (χ4n) is 5.57. The summed E-state index contributed by atoms with van der Waals surface area (Å²) in [6.45, 7) is 4.81. The van der Waals surface area contributed by atoms with Crippen LogP contribution in [0.15, 0.2) is 41.4 Å². The van der Waals surface area contributed by atoms with Crippen LogP contribution in [0, 0.1) is 23.1 Å². The number of guanidine groups is 1. The molecule has 4 atom stereocenters. The zero-order chi connectivity index (χ0) is 24.3. The Morgan fingerprint density at radius 2 is 2.03 bits per heavy atom. The number of nitrogens with two attached hydrogens (primary N) is 1. The normalized spacial score (nSPS) is 29.8. The van der Waals surface area contributed by atoms with E-state index in [0.29, 0.717) is 41.0 Å². The van der Waals surface area contributed by atoms with E-state index in [2.05, 4.69) is 19.9 Å². The van der Waals surface area contributed by atoms with Crippen LogP contribution < -0.4 is 10.5 Å². The number of nitriles is 1. The number of aliphatic hydroxyl groups is 1. The molecule has 5 rings (SSSR count). The first-order valence-corrected chi connectivity index (χ1v) is 11.5. The van der Waals surface area contributed by atoms with Gasteiger partial charge in [-0.05, 0) is 62.6 Å². The van der Waals surface area contributed by atoms with Crippen LogP contribution in [-0.4, -0.2) is 47.6 Å². The summed E-state index contributed by atoms with van der Waals surface area (Å²) in [6, 6.07) is 11.7. The van der Waals surface area contributed by atoms with Gasteiger partial charge in [0, 0.05) is 37.1 Å². The average molecular weight is 465 g/mol. The highest BCUT2D eigenvalue weighted by atomic mass is 19.1. The maximum atomic E-state index is 14.7. The molecular weight excluding hydrogens is 435 g/mol. The monoisotopic (exact) mass is 464 g/mol. The Labute approximate surface area is 198 Å². The number of benzene rings is 2. The van der Waals surface area contributed by atoms with E-state index in [4.69, 9.17) is 20.2 Å². The molecule has 2 aromatic rings. The largest absolute Gasteiger partial charge is 0.490 e. The van der Waals surface area contributed by atoms with E-state index in [9.17, 15) is 14.8 Å². The molecule has 0 saturated carbocycles. The predicted octanol–water partition coefficient (Wildman–Crippen LogP) is 3.49. The highest BCUT2D eigenvalue weighted by Gasteiger charge is 2.54. The van der Waals surface area contributed by atoms with Crippen molar-refractivity contribution >= 4 is 5.96 Å². The number of aliphatic imine (C=N–C) groups is 1. The molecule has 3 N–H and O–H groups in total. The number of likely N-dealkylation sites (N-methyl/N-ethyl adjacent to an activating group) is 1. The maximum Gasteiger partial charge on any atom is 0.194 e. The molecule has 0 radical (unpaired) electrons. The SMILES string of the molecule is CN1C(N)=NC2(CC(C3CCOC(C)(C)C3)Oc3ccc(-c4cc(C#N)ccc4F)cc32)C1O. The lowest BCUT2D eigenvalue weighted by Gasteiger charge is -2.46. The highest BCUT2D eigenvalue weighted by Crippen LogP contribution is 2.51. The van der Waals surface area contributed by atoms with Crippen LogP contribution in [0.3, 0.4) is 0 Å². The highest BCUT2D eigenvalue weighted by molar-refractivity contribution is 5.82. The summed E-state index contributed by atoms with van der Waals surface area (Å²) in [4.78, 5) is 6.33. The van der Waals surface area contributed by atoms with Crippen molar-refractivity contribution < 1.29 is 19.0 Å². The topological polar surface area (TPSA) is 104 Å². The number of nitrogens with zero attached hydrogens (tertiary/aromatic N) is 3. The van der Waals surface area contributed by atoms with E-state index >= 15 is 0 Å². The van der Waals surface area contributed by atoms with Gasteiger partial charge in [-0.2, -0.15) is 5.26 Å². The van der Waals surface area contributed by atoms with Crippen molar-refractivity contribution in [2.45, 2.75) is 56.6 Å². The number of hydrogen-bond donors (Lipinski definition) is 2. The molecule has 8 heteroatoms. The van der Waals surface area contributed by atoms with Gasteiger partial charge in [0.2, 0.25) is 0 Å². The molecule has 1 spiro atoms. The number of hydrogen-bond acceptors (Lipinski definition) is 7. The molecule has 0 bridgehead atoms. The van der Waals surface area contributed by atoms with Crippen LogP contribution in [0.5, 0.6) is 5.75 Å². The zero-order valence-corrected chi connectivity index (χ0v) is 19.6. The molecule has 0 aliphatic carbocycles. The Morgan fingerprint density at radius 1 is 1.24 bits per heavy atom. The van der Waals surface area contributed by atoms with Gasteiger partial charge in [-0.1, -0.05) is 6.07 Å². The fraction of sp³-hybridized carbons (Fsp3) is 0.462. The molecule has 178 valence electrons. The first kappa shape index (κ1) is 22.6. The third-order valence-corrected chi connectivity index (χ3v) is 7.37. The third kappa shape index (κ3) is 3.60. The minimum Gasteiger partial charge on any atom is -0.490 e. The summed E-state index contributed by atoms with van der Waals surface area (Å²) in [6.07, 6.45) is 0.957. The van der Waals surface area contributed by atoms with Crippen molar-refractivity contribution in [3.05, 3.63) is 53.3 Å². The summed E-state index contributed by atoms with van der Waals surface area (Å²) < 4.78 is 27.1. The lowest BCUT2D eigenvalue weighted by Crippen LogP contribution is -2.51. The lowest BCUT2D eigenvalue weighted by molar-refractivity contribution is -0.103. The number of halogens is 1. The summed E-state index contributed by atoms with van der Waals surface area (Å²) in [5, 5.41) is 20.6. The summed E-state index contributed by atoms with van der Waals surface area (Å²) in [5.41, 5.74) is 6.79. The summed E-state index contributed by atoms with van der Waals surface area (Å²) >= 11 is 0. The zero-order valence-electron chi connectivity index (χ0n) is 19.6. The molecule has 4 unspecified atom stereocenters. The van der Waals surface area contributed by atoms with Crippen molar-refractivity contribution in [1.29, 1.82) is 5.26 Å². The molecule has 1 fully saturated rings. The molecule has 0 aromatic heterocycles. The van der Waals surface area contributed by atoms with Crippen molar-refractivity contribution in [2.24, 2.45) is 16.6 Å². The summed E-state index contributed by atoms with van der Waals surface area (Å²) in [5.74, 6) is 0.647. The second kappa shape index (κ2) is 7.97. The Bertz CT molecular complexity index is 1210. The second-order valence-corrected chi connectivity index (χ2v) is 10.1. The quantitative estimate of drug-likeness (QED) is 0.705. The van der Waals surface area contributed by atoms with Crippen LogP contribution in [0.25, 0.3) is 11.1 Å². The fourth-order valence-corrected chi connectivity index (χ4v) is 5.57. The van der Waals surface area contributed by atoms with Gasteiger partial charge < -0.3 is 25.2 Å². The van der Waals surface area contributed by atoms with Gasteiger partial charge >= 0.3 is 0 Å². The molecule has 3 aliphatic heterocycles. The van der Waals surface area contributed by atoms with E-state index in [1.165, 1.54) is 18.2 Å². The van der Waals surface area contributed by atoms with Crippen LogP contribution in [0.1, 0.15) is 44.2 Å². The third-order valence-electron chi connectivity index (χ3n) is 7.37. The van der Waals surface area contributed by atoms with Gasteiger partial charge in [-0.25, -0.2) is 9.38 Å². The molecule has 1 saturated heterocycles. The van der Waals surface area contributed by atoms with Crippen LogP contribution in [-0.2, 0) is 10.3 Å². The smallest absolute Gasteiger partial charge is 0.194 e. The Kier molecular flexibility index (Phi) is 5.30. The number of aliphatic hydroxyl groups excluding tert-OH is 1. The standard InChI is InChI=1S/C26H29FN4O3/c1-25(2)12-17(8-9-33-25)22-13-26(23(32)31(3)24(29)30-26)19-11-16(5-7-21(19)34-22)18-10-15(14-28)4-6-20(18)27/h4-7,10-11,17,22-23,32H,8-9,12-13H2,1-3H3,(H2,29,30). The van der Waals surface area contributed by atoms with Gasteiger partial charge in [0.15, 0.2) is 12.2 Å². The van der Waals surface area contributed by atoms with Crippen LogP contribution >= 0.6 is 0 Å². The van der Waals surface area contributed by atoms with E-state index in [1.54, 1.807) is 30.1 Å². The van der Waals surface area contributed by atoms with Crippen LogP contribution in [0.4, 0.5) is 4.39 Å². The molecule has 34 heavy (non-hydrogen) atoms. The second-order valence-electron chi connectivity index (χ2n) is 10.1. The number of ether oxygens (including phenoxy) is 2. The predicted molar refractivity (Wildman–Crippen MR) is 125 cm³/mol. The summed E-state index contributed by atoms with van der Waals surface area (Å²) in [7, 11) is 1.71. The van der Waals surface area contributed by atoms with Crippen molar-refractivity contribution in [2.75, 3.05) is 13.7 Å². The molecule has 3 aliphatic rings. The van der Waals surface area contributed by atoms with Crippen molar-refractivity contribution in [3.8, 4) is 22.9 Å². The minimum absolute atomic E-state index is 0.183. The average Bonchev–Trinajstić information content (AvgIpc) is 3.02. The van der Waals surface area contributed by atoms with Crippen molar-refractivity contribution in [1.82, 2.24) is 4.90 Å².